The molecule has 202 valence electrons. The number of nitrogens with zero attached hydrogens (tertiary/aromatic N) is 3. The van der Waals surface area contributed by atoms with E-state index in [9.17, 15) is 24.6 Å². The molecule has 1 amide bonds. The monoisotopic (exact) mass is 540 g/mol. The molecule has 0 bridgehead atoms. The average Bonchev–Trinajstić information content (AvgIpc) is 3.50. The highest BCUT2D eigenvalue weighted by molar-refractivity contribution is 6.51. The zero-order valence-electron chi connectivity index (χ0n) is 21.5. The van der Waals surface area contributed by atoms with Crippen molar-refractivity contribution >= 4 is 46.1 Å². The molecule has 1 unspecified atom stereocenters. The van der Waals surface area contributed by atoms with Gasteiger partial charge in [-0.15, -0.1) is 0 Å². The number of ketones is 1. The second-order valence-corrected chi connectivity index (χ2v) is 9.50. The molecule has 3 aromatic carbocycles. The Kier molecular flexibility index (Phi) is 5.91. The third-order valence-electron chi connectivity index (χ3n) is 7.13. The fraction of sp³-hybridized carbons (Fsp3) is 0.172. The maximum Gasteiger partial charge on any atom is 0.335 e. The van der Waals surface area contributed by atoms with Gasteiger partial charge in [0.05, 0.1) is 47.6 Å². The van der Waals surface area contributed by atoms with E-state index in [0.717, 1.165) is 5.69 Å². The number of ether oxygens (including phenoxy) is 2. The van der Waals surface area contributed by atoms with Crippen molar-refractivity contribution < 1.29 is 34.1 Å². The highest BCUT2D eigenvalue weighted by Gasteiger charge is 2.48. The summed E-state index contributed by atoms with van der Waals surface area (Å²) in [7, 11) is 3.40. The van der Waals surface area contributed by atoms with Crippen molar-refractivity contribution in [3.05, 3.63) is 82.9 Å². The van der Waals surface area contributed by atoms with Crippen LogP contribution in [-0.4, -0.2) is 65.1 Å². The Hall–Kier alpha value is -5.32. The van der Waals surface area contributed by atoms with E-state index in [4.69, 9.17) is 9.47 Å². The van der Waals surface area contributed by atoms with Crippen LogP contribution in [0.1, 0.15) is 27.5 Å². The van der Waals surface area contributed by atoms with Crippen LogP contribution in [0.15, 0.2) is 66.2 Å². The summed E-state index contributed by atoms with van der Waals surface area (Å²) in [6.07, 6.45) is 0. The molecule has 11 heteroatoms. The Bertz CT molecular complexity index is 1740. The van der Waals surface area contributed by atoms with Crippen LogP contribution >= 0.6 is 0 Å². The lowest BCUT2D eigenvalue weighted by Gasteiger charge is -2.28. The van der Waals surface area contributed by atoms with E-state index in [-0.39, 0.29) is 22.8 Å². The Labute approximate surface area is 227 Å². The molecule has 3 heterocycles. The average molecular weight is 541 g/mol. The molecule has 11 nitrogen and oxygen atoms in total. The molecule has 1 aromatic heterocycles. The van der Waals surface area contributed by atoms with Crippen LogP contribution < -0.4 is 19.3 Å². The molecule has 4 aromatic rings. The number of aliphatic hydroxyl groups excluding tert-OH is 1. The van der Waals surface area contributed by atoms with Gasteiger partial charge in [0, 0.05) is 12.6 Å². The Balaban J connectivity index is 1.54. The van der Waals surface area contributed by atoms with Gasteiger partial charge in [-0.1, -0.05) is 12.1 Å². The van der Waals surface area contributed by atoms with Crippen LogP contribution in [-0.2, 0) is 9.59 Å². The number of benzene rings is 3. The van der Waals surface area contributed by atoms with Crippen LogP contribution in [0, 0.1) is 0 Å². The van der Waals surface area contributed by atoms with Crippen LogP contribution in [0.3, 0.4) is 0 Å². The number of rotatable bonds is 5. The maximum absolute atomic E-state index is 13.6. The Morgan fingerprint density at radius 1 is 1.07 bits per heavy atom. The number of imidazole rings is 1. The molecule has 0 saturated carbocycles. The molecule has 6 rings (SSSR count). The minimum Gasteiger partial charge on any atom is -0.507 e. The van der Waals surface area contributed by atoms with E-state index in [2.05, 4.69) is 9.97 Å². The molecule has 2 aliphatic heterocycles. The quantitative estimate of drug-likeness (QED) is 0.196. The van der Waals surface area contributed by atoms with Gasteiger partial charge in [0.2, 0.25) is 5.95 Å². The van der Waals surface area contributed by atoms with Crippen molar-refractivity contribution in [1.82, 2.24) is 9.97 Å². The number of aromatic nitrogens is 2. The minimum atomic E-state index is -1.11. The summed E-state index contributed by atoms with van der Waals surface area (Å²) in [6.45, 7) is 1.18. The van der Waals surface area contributed by atoms with E-state index in [1.807, 2.05) is 11.9 Å². The summed E-state index contributed by atoms with van der Waals surface area (Å²) in [5.41, 5.74) is 2.29. The number of methoxy groups -OCH3 is 1. The highest BCUT2D eigenvalue weighted by Crippen LogP contribution is 2.43. The zero-order chi connectivity index (χ0) is 28.1. The number of aliphatic hydroxyl groups is 1. The van der Waals surface area contributed by atoms with E-state index >= 15 is 0 Å². The maximum atomic E-state index is 13.6. The molecule has 1 atom stereocenters. The number of fused-ring (bicyclic) bond motifs is 2. The van der Waals surface area contributed by atoms with Gasteiger partial charge in [0.25, 0.3) is 5.78 Å². The lowest BCUT2D eigenvalue weighted by atomic mass is 9.95. The lowest BCUT2D eigenvalue weighted by Crippen LogP contribution is -2.30. The van der Waals surface area contributed by atoms with Crippen LogP contribution in [0.5, 0.6) is 11.5 Å². The summed E-state index contributed by atoms with van der Waals surface area (Å²) in [4.78, 5) is 49.2. The number of anilines is 2. The molecule has 1 saturated heterocycles. The predicted octanol–water partition coefficient (Wildman–Crippen LogP) is 3.72. The van der Waals surface area contributed by atoms with Crippen molar-refractivity contribution in [2.45, 2.75) is 6.04 Å². The normalized spacial score (nSPS) is 18.1. The number of carbonyl (C=O) groups is 3. The number of likely N-dealkylation sites (N-methyl/N-ethyl adjacent to an activating group) is 1. The SMILES string of the molecule is COc1cccc(C2/C(=C(\O)c3ccc4c(c3)N(C)CCO4)C(=O)C(=O)N2c2nc3ccc(C(=O)O)cc3[nH]2)c1. The minimum absolute atomic E-state index is 0.0325. The molecule has 0 aliphatic carbocycles. The van der Waals surface area contributed by atoms with Gasteiger partial charge in [-0.2, -0.15) is 0 Å². The number of Topliss-reactive ketones (excluding diaryl/α,β-unsaturated/α-hetero) is 1. The summed E-state index contributed by atoms with van der Waals surface area (Å²) in [6, 6.07) is 15.2. The summed E-state index contributed by atoms with van der Waals surface area (Å²) >= 11 is 0. The molecule has 3 N–H and O–H groups in total. The number of H-pyrrole nitrogens is 1. The van der Waals surface area contributed by atoms with E-state index < -0.39 is 23.7 Å². The first kappa shape index (κ1) is 25.0. The fourth-order valence-corrected chi connectivity index (χ4v) is 5.07. The van der Waals surface area contributed by atoms with E-state index in [1.165, 1.54) is 30.2 Å². The van der Waals surface area contributed by atoms with Gasteiger partial charge < -0.3 is 29.6 Å². The molecular weight excluding hydrogens is 516 g/mol. The number of carbonyl (C=O) groups excluding carboxylic acids is 2. The van der Waals surface area contributed by atoms with Gasteiger partial charge in [-0.3, -0.25) is 14.5 Å². The predicted molar refractivity (Wildman–Crippen MR) is 146 cm³/mol. The smallest absolute Gasteiger partial charge is 0.335 e. The zero-order valence-corrected chi connectivity index (χ0v) is 21.5. The van der Waals surface area contributed by atoms with Gasteiger partial charge in [-0.25, -0.2) is 9.78 Å². The van der Waals surface area contributed by atoms with Crippen LogP contribution in [0.4, 0.5) is 11.6 Å². The van der Waals surface area contributed by atoms with Crippen LogP contribution in [0.2, 0.25) is 0 Å². The van der Waals surface area contributed by atoms with E-state index in [0.29, 0.717) is 46.8 Å². The number of aromatic carboxylic acids is 1. The summed E-state index contributed by atoms with van der Waals surface area (Å²) < 4.78 is 11.1. The first-order valence-electron chi connectivity index (χ1n) is 12.4. The third kappa shape index (κ3) is 3.99. The highest BCUT2D eigenvalue weighted by atomic mass is 16.5. The molecule has 0 spiro atoms. The van der Waals surface area contributed by atoms with Crippen LogP contribution in [0.25, 0.3) is 16.8 Å². The largest absolute Gasteiger partial charge is 0.507 e. The molecule has 0 radical (unpaired) electrons. The number of amides is 1. The van der Waals surface area contributed by atoms with Crippen molar-refractivity contribution in [3.8, 4) is 11.5 Å². The molecule has 40 heavy (non-hydrogen) atoms. The number of carboxylic acids is 1. The number of aromatic amines is 1. The molecule has 2 aliphatic rings. The fourth-order valence-electron chi connectivity index (χ4n) is 5.07. The van der Waals surface area contributed by atoms with Crippen molar-refractivity contribution in [2.24, 2.45) is 0 Å². The van der Waals surface area contributed by atoms with Crippen molar-refractivity contribution in [3.63, 3.8) is 0 Å². The Morgan fingerprint density at radius 3 is 2.65 bits per heavy atom. The van der Waals surface area contributed by atoms with Crippen molar-refractivity contribution in [2.75, 3.05) is 37.1 Å². The number of hydrogen-bond acceptors (Lipinski definition) is 8. The van der Waals surface area contributed by atoms with Gasteiger partial charge in [0.1, 0.15) is 23.9 Å². The van der Waals surface area contributed by atoms with Gasteiger partial charge in [-0.05, 0) is 54.1 Å². The molecular formula is C29H24N4O7. The third-order valence-corrected chi connectivity index (χ3v) is 7.13. The number of hydrogen-bond donors (Lipinski definition) is 3. The summed E-state index contributed by atoms with van der Waals surface area (Å²) in [5, 5.41) is 20.9. The first-order valence-corrected chi connectivity index (χ1v) is 12.4. The topological polar surface area (TPSA) is 145 Å². The first-order chi connectivity index (χ1) is 19.3. The van der Waals surface area contributed by atoms with Crippen molar-refractivity contribution in [1.29, 1.82) is 0 Å². The summed E-state index contributed by atoms with van der Waals surface area (Å²) in [5.74, 6) is -2.07. The molecule has 1 fully saturated rings. The van der Waals surface area contributed by atoms with Gasteiger partial charge >= 0.3 is 11.9 Å². The second kappa shape index (κ2) is 9.45. The number of carboxylic acid groups (broad SMARTS) is 1. The Morgan fingerprint density at radius 2 is 1.88 bits per heavy atom. The second-order valence-electron chi connectivity index (χ2n) is 9.50. The number of nitrogens with one attached hydrogen (secondary N) is 1. The van der Waals surface area contributed by atoms with E-state index in [1.54, 1.807) is 42.5 Å². The lowest BCUT2D eigenvalue weighted by molar-refractivity contribution is -0.132. The standard InChI is InChI=1S/C29H24N4O7/c1-32-10-11-40-22-9-7-16(14-21(22)32)25(34)23-24(15-4-3-5-18(12-15)39-2)33(27(36)26(23)35)29-30-19-8-6-17(28(37)38)13-20(19)31-29/h3-9,12-14,24,34H,10-11H2,1-2H3,(H,30,31)(H,37,38)/b25-23+. The van der Waals surface area contributed by atoms with Gasteiger partial charge in [0.15, 0.2) is 0 Å².